The Hall–Kier alpha value is -3.51. The van der Waals surface area contributed by atoms with E-state index in [2.05, 4.69) is 10.3 Å². The third kappa shape index (κ3) is 6.44. The van der Waals surface area contributed by atoms with Crippen LogP contribution in [0.5, 0.6) is 0 Å². The van der Waals surface area contributed by atoms with Crippen LogP contribution >= 0.6 is 47.3 Å². The minimum absolute atomic E-state index is 0.00362. The Balaban J connectivity index is 1.27. The number of thioether (sulfide) groups is 2. The van der Waals surface area contributed by atoms with Crippen molar-refractivity contribution in [1.82, 2.24) is 14.5 Å². The van der Waals surface area contributed by atoms with Crippen molar-refractivity contribution in [3.63, 3.8) is 0 Å². The Morgan fingerprint density at radius 3 is 2.55 bits per heavy atom. The van der Waals surface area contributed by atoms with Crippen molar-refractivity contribution in [3.05, 3.63) is 94.1 Å². The second-order valence-electron chi connectivity index (χ2n) is 8.59. The first kappa shape index (κ1) is 28.0. The number of imidazole rings is 1. The molecule has 1 fully saturated rings. The Morgan fingerprint density at radius 1 is 1.07 bits per heavy atom. The van der Waals surface area contributed by atoms with Gasteiger partial charge in [-0.15, -0.1) is 0 Å². The molecule has 0 atom stereocenters. The summed E-state index contributed by atoms with van der Waals surface area (Å²) in [7, 11) is 0. The molecule has 202 valence electrons. The monoisotopic (exact) mass is 610 g/mol. The van der Waals surface area contributed by atoms with Gasteiger partial charge in [0.25, 0.3) is 5.91 Å². The number of hydrogen-bond acceptors (Lipinski definition) is 7. The molecule has 0 bridgehead atoms. The van der Waals surface area contributed by atoms with Gasteiger partial charge in [0, 0.05) is 23.7 Å². The van der Waals surface area contributed by atoms with Gasteiger partial charge >= 0.3 is 0 Å². The highest BCUT2D eigenvalue weighted by molar-refractivity contribution is 8.26. The molecule has 4 aromatic rings. The minimum Gasteiger partial charge on any atom is -0.325 e. The lowest BCUT2D eigenvalue weighted by Gasteiger charge is -2.15. The molecular weight excluding hydrogens is 591 g/mol. The van der Waals surface area contributed by atoms with Crippen molar-refractivity contribution >= 4 is 92.2 Å². The molecular formula is C28H20ClFN4O3S3. The van der Waals surface area contributed by atoms with E-state index in [1.165, 1.54) is 45.5 Å². The fourth-order valence-electron chi connectivity index (χ4n) is 3.92. The minimum atomic E-state index is -0.400. The van der Waals surface area contributed by atoms with Crippen molar-refractivity contribution in [1.29, 1.82) is 0 Å². The summed E-state index contributed by atoms with van der Waals surface area (Å²) in [5.74, 6) is -1.29. The predicted octanol–water partition coefficient (Wildman–Crippen LogP) is 6.49. The number of fused-ring (bicyclic) bond motifs is 1. The van der Waals surface area contributed by atoms with E-state index in [0.717, 1.165) is 17.3 Å². The summed E-state index contributed by atoms with van der Waals surface area (Å²) in [4.78, 5) is 45.4. The first-order chi connectivity index (χ1) is 19.3. The Bertz CT molecular complexity index is 1660. The summed E-state index contributed by atoms with van der Waals surface area (Å²) in [5.41, 5.74) is 2.48. The standard InChI is InChI=1S/C28H20ClFN4O3S3/c29-18-7-5-17(6-8-18)15-23-26(37)33(28(38)40-23)14-13-25(36)34-22-4-2-1-3-21(22)32-27(34)39-16-24(35)31-20-11-9-19(30)10-12-20/h1-12,15H,13-14,16H2,(H,31,35)/b23-15-. The van der Waals surface area contributed by atoms with Gasteiger partial charge in [0.15, 0.2) is 5.16 Å². The molecule has 1 aliphatic rings. The molecule has 2 heterocycles. The van der Waals surface area contributed by atoms with Crippen molar-refractivity contribution in [2.45, 2.75) is 11.6 Å². The average Bonchev–Trinajstić information content (AvgIpc) is 3.44. The van der Waals surface area contributed by atoms with E-state index in [-0.39, 0.29) is 36.4 Å². The van der Waals surface area contributed by atoms with E-state index in [9.17, 15) is 18.8 Å². The van der Waals surface area contributed by atoms with Gasteiger partial charge in [0.2, 0.25) is 11.8 Å². The molecule has 5 rings (SSSR count). The zero-order chi connectivity index (χ0) is 28.2. The Labute approximate surface area is 247 Å². The number of anilines is 1. The van der Waals surface area contributed by atoms with Crippen molar-refractivity contribution in [3.8, 4) is 0 Å². The normalized spacial score (nSPS) is 14.3. The molecule has 12 heteroatoms. The van der Waals surface area contributed by atoms with E-state index in [1.807, 2.05) is 18.2 Å². The number of halogens is 2. The van der Waals surface area contributed by atoms with E-state index < -0.39 is 5.82 Å². The van der Waals surface area contributed by atoms with Crippen LogP contribution in [0, 0.1) is 5.82 Å². The molecule has 0 saturated carbocycles. The molecule has 2 amide bonds. The number of aromatic nitrogens is 2. The third-order valence-electron chi connectivity index (χ3n) is 5.83. The molecule has 7 nitrogen and oxygen atoms in total. The van der Waals surface area contributed by atoms with Crippen LogP contribution < -0.4 is 5.32 Å². The molecule has 3 aromatic carbocycles. The van der Waals surface area contributed by atoms with Crippen molar-refractivity contribution in [2.24, 2.45) is 0 Å². The van der Waals surface area contributed by atoms with Gasteiger partial charge < -0.3 is 5.32 Å². The van der Waals surface area contributed by atoms with E-state index in [4.69, 9.17) is 23.8 Å². The highest BCUT2D eigenvalue weighted by atomic mass is 35.5. The highest BCUT2D eigenvalue weighted by Gasteiger charge is 2.32. The molecule has 1 aromatic heterocycles. The number of thiocarbonyl (C=S) groups is 1. The first-order valence-electron chi connectivity index (χ1n) is 12.0. The van der Waals surface area contributed by atoms with E-state index >= 15 is 0 Å². The number of amides is 2. The Kier molecular flexibility index (Phi) is 8.65. The van der Waals surface area contributed by atoms with Crippen LogP contribution in [-0.2, 0) is 9.59 Å². The van der Waals surface area contributed by atoms with E-state index in [1.54, 1.807) is 36.4 Å². The number of rotatable bonds is 8. The molecule has 40 heavy (non-hydrogen) atoms. The fraction of sp³-hybridized carbons (Fsp3) is 0.107. The van der Waals surface area contributed by atoms with Crippen molar-refractivity contribution in [2.75, 3.05) is 17.6 Å². The number of carbonyl (C=O) groups excluding carboxylic acids is 3. The summed E-state index contributed by atoms with van der Waals surface area (Å²) in [6.07, 6.45) is 1.74. The number of carbonyl (C=O) groups is 3. The van der Waals surface area contributed by atoms with Crippen LogP contribution in [0.2, 0.25) is 5.02 Å². The van der Waals surface area contributed by atoms with Crippen LogP contribution in [0.4, 0.5) is 10.1 Å². The average molecular weight is 611 g/mol. The number of nitrogens with one attached hydrogen (secondary N) is 1. The zero-order valence-corrected chi connectivity index (χ0v) is 23.9. The van der Waals surface area contributed by atoms with Gasteiger partial charge in [-0.3, -0.25) is 23.9 Å². The van der Waals surface area contributed by atoms with Gasteiger partial charge in [0.05, 0.1) is 21.7 Å². The van der Waals surface area contributed by atoms with Crippen LogP contribution in [0.3, 0.4) is 0 Å². The zero-order valence-electron chi connectivity index (χ0n) is 20.7. The Morgan fingerprint density at radius 2 is 1.80 bits per heavy atom. The second-order valence-corrected chi connectivity index (χ2v) is 11.6. The lowest BCUT2D eigenvalue weighted by atomic mass is 10.2. The molecule has 1 saturated heterocycles. The van der Waals surface area contributed by atoms with Gasteiger partial charge in [0.1, 0.15) is 10.1 Å². The van der Waals surface area contributed by atoms with Crippen molar-refractivity contribution < 1.29 is 18.8 Å². The van der Waals surface area contributed by atoms with E-state index in [0.29, 0.717) is 36.1 Å². The largest absolute Gasteiger partial charge is 0.325 e. The lowest BCUT2D eigenvalue weighted by Crippen LogP contribution is -2.31. The fourth-order valence-corrected chi connectivity index (χ4v) is 6.18. The van der Waals surface area contributed by atoms with Gasteiger partial charge in [-0.25, -0.2) is 9.37 Å². The number of benzene rings is 3. The third-order valence-corrected chi connectivity index (χ3v) is 8.40. The molecule has 0 aliphatic carbocycles. The smallest absolute Gasteiger partial charge is 0.266 e. The van der Waals surface area contributed by atoms with Gasteiger partial charge in [-0.2, -0.15) is 0 Å². The molecule has 1 N–H and O–H groups in total. The lowest BCUT2D eigenvalue weighted by molar-refractivity contribution is -0.122. The van der Waals surface area contributed by atoms with Crippen LogP contribution in [0.15, 0.2) is 82.9 Å². The summed E-state index contributed by atoms with van der Waals surface area (Å²) in [6, 6.07) is 19.7. The summed E-state index contributed by atoms with van der Waals surface area (Å²) >= 11 is 13.7. The maximum atomic E-state index is 13.4. The van der Waals surface area contributed by atoms with Gasteiger partial charge in [-0.05, 0) is 60.2 Å². The molecule has 0 unspecified atom stereocenters. The number of nitrogens with zero attached hydrogens (tertiary/aromatic N) is 3. The summed E-state index contributed by atoms with van der Waals surface area (Å²) < 4.78 is 15.0. The maximum Gasteiger partial charge on any atom is 0.266 e. The molecule has 0 spiro atoms. The summed E-state index contributed by atoms with van der Waals surface area (Å²) in [5, 5.41) is 3.65. The molecule has 0 radical (unpaired) electrons. The maximum absolute atomic E-state index is 13.4. The molecule has 1 aliphatic heterocycles. The van der Waals surface area contributed by atoms with Crippen LogP contribution in [0.1, 0.15) is 16.8 Å². The summed E-state index contributed by atoms with van der Waals surface area (Å²) in [6.45, 7) is 0.100. The van der Waals surface area contributed by atoms with Crippen LogP contribution in [0.25, 0.3) is 17.1 Å². The number of para-hydroxylation sites is 2. The SMILES string of the molecule is O=C(CSc1nc2ccccc2n1C(=O)CCN1C(=O)/C(=C/c2ccc(Cl)cc2)SC1=S)Nc1ccc(F)cc1. The number of hydrogen-bond donors (Lipinski definition) is 1. The van der Waals surface area contributed by atoms with Crippen LogP contribution in [-0.4, -0.2) is 48.8 Å². The quantitative estimate of drug-likeness (QED) is 0.139. The topological polar surface area (TPSA) is 84.3 Å². The highest BCUT2D eigenvalue weighted by Crippen LogP contribution is 2.33. The van der Waals surface area contributed by atoms with Gasteiger partial charge in [-0.1, -0.05) is 71.6 Å². The second kappa shape index (κ2) is 12.3. The first-order valence-corrected chi connectivity index (χ1v) is 14.6. The predicted molar refractivity (Wildman–Crippen MR) is 162 cm³/mol.